The van der Waals surface area contributed by atoms with Gasteiger partial charge in [-0.2, -0.15) is 0 Å². The van der Waals surface area contributed by atoms with E-state index in [9.17, 15) is 13.2 Å². The van der Waals surface area contributed by atoms with Crippen LogP contribution in [0.5, 0.6) is 0 Å². The van der Waals surface area contributed by atoms with Gasteiger partial charge in [-0.05, 0) is 31.5 Å². The second-order valence-corrected chi connectivity index (χ2v) is 9.01. The summed E-state index contributed by atoms with van der Waals surface area (Å²) in [6, 6.07) is 7.03. The average molecular weight is 345 g/mol. The Bertz CT molecular complexity index is 598. The van der Waals surface area contributed by atoms with E-state index in [-0.39, 0.29) is 11.9 Å². The Morgan fingerprint density at radius 1 is 1.09 bits per heavy atom. The standard InChI is InChI=1S/C15H24N2O3S2/c1-10(2)21-14-8-6-13(7-9-14)11(3)16-15(18)12(4)17-22(5,19)20/h6-12,17H,1-5H3,(H,16,18)/t11-,12+/m0/s1. The Kier molecular flexibility index (Phi) is 6.90. The fraction of sp³-hybridized carbons (Fsp3) is 0.533. The van der Waals surface area contributed by atoms with Crippen LogP contribution in [0.15, 0.2) is 29.2 Å². The number of hydrogen-bond donors (Lipinski definition) is 2. The number of nitrogens with one attached hydrogen (secondary N) is 2. The van der Waals surface area contributed by atoms with Gasteiger partial charge in [0.05, 0.1) is 18.3 Å². The molecule has 0 spiro atoms. The lowest BCUT2D eigenvalue weighted by atomic mass is 10.1. The van der Waals surface area contributed by atoms with Gasteiger partial charge in [0.15, 0.2) is 0 Å². The zero-order valence-corrected chi connectivity index (χ0v) is 15.2. The van der Waals surface area contributed by atoms with E-state index in [2.05, 4.69) is 23.9 Å². The highest BCUT2D eigenvalue weighted by molar-refractivity contribution is 7.99. The topological polar surface area (TPSA) is 75.3 Å². The molecule has 1 aromatic carbocycles. The minimum absolute atomic E-state index is 0.186. The van der Waals surface area contributed by atoms with E-state index in [1.54, 1.807) is 11.8 Å². The van der Waals surface area contributed by atoms with E-state index < -0.39 is 16.1 Å². The molecule has 1 amide bonds. The molecule has 0 aliphatic heterocycles. The third-order valence-electron chi connectivity index (χ3n) is 2.89. The van der Waals surface area contributed by atoms with Crippen LogP contribution in [0.3, 0.4) is 0 Å². The number of sulfonamides is 1. The fourth-order valence-corrected chi connectivity index (χ4v) is 3.49. The number of hydrogen-bond acceptors (Lipinski definition) is 4. The smallest absolute Gasteiger partial charge is 0.238 e. The van der Waals surface area contributed by atoms with Crippen LogP contribution in [0.2, 0.25) is 0 Å². The van der Waals surface area contributed by atoms with Gasteiger partial charge in [0, 0.05) is 10.1 Å². The van der Waals surface area contributed by atoms with Crippen LogP contribution >= 0.6 is 11.8 Å². The van der Waals surface area contributed by atoms with Crippen LogP contribution < -0.4 is 10.0 Å². The molecule has 0 heterocycles. The van der Waals surface area contributed by atoms with Crippen molar-refractivity contribution >= 4 is 27.7 Å². The van der Waals surface area contributed by atoms with Gasteiger partial charge in [-0.25, -0.2) is 13.1 Å². The highest BCUT2D eigenvalue weighted by Gasteiger charge is 2.19. The number of benzene rings is 1. The van der Waals surface area contributed by atoms with Crippen LogP contribution in [0, 0.1) is 0 Å². The minimum atomic E-state index is -3.40. The van der Waals surface area contributed by atoms with Crippen molar-refractivity contribution in [3.05, 3.63) is 29.8 Å². The van der Waals surface area contributed by atoms with Gasteiger partial charge in [0.25, 0.3) is 0 Å². The van der Waals surface area contributed by atoms with Crippen molar-refractivity contribution in [2.45, 2.75) is 49.9 Å². The summed E-state index contributed by atoms with van der Waals surface area (Å²) >= 11 is 1.78. The van der Waals surface area contributed by atoms with E-state index in [1.165, 1.54) is 11.8 Å². The maximum absolute atomic E-state index is 12.0. The summed E-state index contributed by atoms with van der Waals surface area (Å²) in [4.78, 5) is 13.2. The Morgan fingerprint density at radius 2 is 1.64 bits per heavy atom. The molecule has 0 bridgehead atoms. The molecule has 7 heteroatoms. The second-order valence-electron chi connectivity index (χ2n) is 5.58. The van der Waals surface area contributed by atoms with Gasteiger partial charge in [-0.3, -0.25) is 4.79 Å². The SMILES string of the molecule is CC(C)Sc1ccc([C@H](C)NC(=O)[C@@H](C)NS(C)(=O)=O)cc1. The predicted molar refractivity (Wildman–Crippen MR) is 91.4 cm³/mol. The van der Waals surface area contributed by atoms with Crippen molar-refractivity contribution < 1.29 is 13.2 Å². The highest BCUT2D eigenvalue weighted by atomic mass is 32.2. The molecule has 0 saturated carbocycles. The first kappa shape index (κ1) is 19.0. The van der Waals surface area contributed by atoms with Gasteiger partial charge in [-0.15, -0.1) is 11.8 Å². The summed E-state index contributed by atoms with van der Waals surface area (Å²) in [6.45, 7) is 7.66. The summed E-state index contributed by atoms with van der Waals surface area (Å²) < 4.78 is 24.5. The number of amides is 1. The van der Waals surface area contributed by atoms with Crippen LogP contribution in [-0.4, -0.2) is 31.9 Å². The molecule has 124 valence electrons. The quantitative estimate of drug-likeness (QED) is 0.744. The molecule has 5 nitrogen and oxygen atoms in total. The summed E-state index contributed by atoms with van der Waals surface area (Å²) in [7, 11) is -3.40. The maximum atomic E-state index is 12.0. The second kappa shape index (κ2) is 7.99. The van der Waals surface area contributed by atoms with Crippen LogP contribution in [0.4, 0.5) is 0 Å². The molecule has 0 unspecified atom stereocenters. The van der Waals surface area contributed by atoms with E-state index in [1.807, 2.05) is 31.2 Å². The van der Waals surface area contributed by atoms with Crippen molar-refractivity contribution in [2.75, 3.05) is 6.26 Å². The summed E-state index contributed by atoms with van der Waals surface area (Å²) in [5, 5.41) is 3.33. The van der Waals surface area contributed by atoms with E-state index in [0.717, 1.165) is 11.8 Å². The molecule has 1 aromatic rings. The predicted octanol–water partition coefficient (Wildman–Crippen LogP) is 2.30. The summed E-state index contributed by atoms with van der Waals surface area (Å²) in [6.07, 6.45) is 1.03. The van der Waals surface area contributed by atoms with Crippen LogP contribution in [-0.2, 0) is 14.8 Å². The number of carbonyl (C=O) groups is 1. The fourth-order valence-electron chi connectivity index (χ4n) is 1.90. The van der Waals surface area contributed by atoms with Gasteiger partial charge in [0.2, 0.25) is 15.9 Å². The van der Waals surface area contributed by atoms with E-state index in [4.69, 9.17) is 0 Å². The van der Waals surface area contributed by atoms with Crippen molar-refractivity contribution in [3.63, 3.8) is 0 Å². The molecule has 2 N–H and O–H groups in total. The lowest BCUT2D eigenvalue weighted by molar-refractivity contribution is -0.123. The van der Waals surface area contributed by atoms with Crippen molar-refractivity contribution in [3.8, 4) is 0 Å². The van der Waals surface area contributed by atoms with E-state index >= 15 is 0 Å². The molecular weight excluding hydrogens is 320 g/mol. The maximum Gasteiger partial charge on any atom is 0.238 e. The summed E-state index contributed by atoms with van der Waals surface area (Å²) in [5.74, 6) is -0.349. The Labute approximate surface area is 137 Å². The monoisotopic (exact) mass is 344 g/mol. The van der Waals surface area contributed by atoms with Gasteiger partial charge < -0.3 is 5.32 Å². The summed E-state index contributed by atoms with van der Waals surface area (Å²) in [5.41, 5.74) is 0.980. The first-order chi connectivity index (χ1) is 10.1. The van der Waals surface area contributed by atoms with Gasteiger partial charge >= 0.3 is 0 Å². The lowest BCUT2D eigenvalue weighted by Gasteiger charge is -2.18. The first-order valence-corrected chi connectivity index (χ1v) is 9.90. The number of thioether (sulfide) groups is 1. The zero-order chi connectivity index (χ0) is 16.9. The molecule has 0 aliphatic carbocycles. The highest BCUT2D eigenvalue weighted by Crippen LogP contribution is 2.24. The number of rotatable bonds is 7. The average Bonchev–Trinajstić information content (AvgIpc) is 2.36. The van der Waals surface area contributed by atoms with Crippen LogP contribution in [0.1, 0.15) is 39.3 Å². The van der Waals surface area contributed by atoms with Crippen molar-refractivity contribution in [1.29, 1.82) is 0 Å². The molecule has 0 fully saturated rings. The molecule has 22 heavy (non-hydrogen) atoms. The molecule has 2 atom stereocenters. The third kappa shape index (κ3) is 6.81. The molecular formula is C15H24N2O3S2. The lowest BCUT2D eigenvalue weighted by Crippen LogP contribution is -2.45. The van der Waals surface area contributed by atoms with Gasteiger partial charge in [0.1, 0.15) is 0 Å². The first-order valence-electron chi connectivity index (χ1n) is 7.13. The molecule has 1 rings (SSSR count). The van der Waals surface area contributed by atoms with E-state index in [0.29, 0.717) is 5.25 Å². The molecule has 0 radical (unpaired) electrons. The van der Waals surface area contributed by atoms with Gasteiger partial charge in [-0.1, -0.05) is 26.0 Å². The molecule has 0 aromatic heterocycles. The molecule has 0 aliphatic rings. The number of carbonyl (C=O) groups excluding carboxylic acids is 1. The minimum Gasteiger partial charge on any atom is -0.348 e. The zero-order valence-electron chi connectivity index (χ0n) is 13.6. The Balaban J connectivity index is 2.64. The molecule has 0 saturated heterocycles. The Hall–Kier alpha value is -1.05. The largest absolute Gasteiger partial charge is 0.348 e. The van der Waals surface area contributed by atoms with Crippen molar-refractivity contribution in [2.24, 2.45) is 0 Å². The normalized spacial score (nSPS) is 14.6. The van der Waals surface area contributed by atoms with Crippen molar-refractivity contribution in [1.82, 2.24) is 10.0 Å². The Morgan fingerprint density at radius 3 is 2.09 bits per heavy atom. The third-order valence-corrected chi connectivity index (χ3v) is 4.69. The van der Waals surface area contributed by atoms with Crippen LogP contribution in [0.25, 0.3) is 0 Å².